The summed E-state index contributed by atoms with van der Waals surface area (Å²) in [6, 6.07) is 7.94. The van der Waals surface area contributed by atoms with Crippen LogP contribution in [0.5, 0.6) is 5.75 Å². The molecule has 1 unspecified atom stereocenters. The monoisotopic (exact) mass is 353 g/mol. The van der Waals surface area contributed by atoms with Crippen molar-refractivity contribution in [2.45, 2.75) is 31.7 Å². The standard InChI is InChI=1S/C17H27N3O3S/c1-17(2,13-6-5-7-15(10-13)23-4)12-19-16(18-3)20-14-8-9-24(21,22)11-14/h5-7,10,14H,8-9,11-12H2,1-4H3,(H2,18,19,20). The molecule has 0 aromatic heterocycles. The molecule has 0 aliphatic carbocycles. The Labute approximate surface area is 144 Å². The third-order valence-corrected chi connectivity index (χ3v) is 6.11. The first kappa shape index (κ1) is 18.6. The fourth-order valence-corrected chi connectivity index (χ4v) is 4.42. The molecule has 1 aliphatic rings. The van der Waals surface area contributed by atoms with Gasteiger partial charge in [-0.25, -0.2) is 8.42 Å². The van der Waals surface area contributed by atoms with E-state index in [-0.39, 0.29) is 23.0 Å². The van der Waals surface area contributed by atoms with Crippen LogP contribution in [-0.4, -0.2) is 52.6 Å². The van der Waals surface area contributed by atoms with E-state index in [1.807, 2.05) is 18.2 Å². The summed E-state index contributed by atoms with van der Waals surface area (Å²) in [6.45, 7) is 4.95. The number of methoxy groups -OCH3 is 1. The number of ether oxygens (including phenoxy) is 1. The van der Waals surface area contributed by atoms with Crippen LogP contribution in [0.3, 0.4) is 0 Å². The minimum Gasteiger partial charge on any atom is -0.497 e. The second-order valence-electron chi connectivity index (χ2n) is 6.79. The maximum atomic E-state index is 11.6. The lowest BCUT2D eigenvalue weighted by molar-refractivity contribution is 0.411. The van der Waals surface area contributed by atoms with Crippen molar-refractivity contribution in [3.63, 3.8) is 0 Å². The summed E-state index contributed by atoms with van der Waals surface area (Å²) in [7, 11) is 0.448. The van der Waals surface area contributed by atoms with Crippen LogP contribution in [-0.2, 0) is 15.3 Å². The number of sulfone groups is 1. The van der Waals surface area contributed by atoms with E-state index in [0.717, 1.165) is 11.3 Å². The van der Waals surface area contributed by atoms with Gasteiger partial charge in [-0.15, -0.1) is 0 Å². The fourth-order valence-electron chi connectivity index (χ4n) is 2.75. The normalized spacial score (nSPS) is 20.7. The molecule has 1 atom stereocenters. The van der Waals surface area contributed by atoms with Crippen LogP contribution in [0, 0.1) is 0 Å². The van der Waals surface area contributed by atoms with Crippen molar-refractivity contribution in [1.29, 1.82) is 0 Å². The average Bonchev–Trinajstić information content (AvgIpc) is 2.90. The molecule has 1 aliphatic heterocycles. The van der Waals surface area contributed by atoms with E-state index < -0.39 is 9.84 Å². The molecule has 6 nitrogen and oxygen atoms in total. The minimum atomic E-state index is -2.90. The van der Waals surface area contributed by atoms with Gasteiger partial charge in [-0.2, -0.15) is 0 Å². The zero-order chi connectivity index (χ0) is 17.8. The number of hydrogen-bond donors (Lipinski definition) is 2. The Morgan fingerprint density at radius 2 is 2.17 bits per heavy atom. The summed E-state index contributed by atoms with van der Waals surface area (Å²) in [5.74, 6) is 1.89. The molecule has 1 aromatic carbocycles. The molecular formula is C17H27N3O3S. The highest BCUT2D eigenvalue weighted by atomic mass is 32.2. The molecule has 1 fully saturated rings. The average molecular weight is 353 g/mol. The van der Waals surface area contributed by atoms with Crippen LogP contribution in [0.25, 0.3) is 0 Å². The van der Waals surface area contributed by atoms with Gasteiger partial charge < -0.3 is 15.4 Å². The molecule has 1 heterocycles. The second kappa shape index (κ2) is 7.42. The molecule has 2 N–H and O–H groups in total. The smallest absolute Gasteiger partial charge is 0.191 e. The maximum Gasteiger partial charge on any atom is 0.191 e. The summed E-state index contributed by atoms with van der Waals surface area (Å²) in [4.78, 5) is 4.20. The second-order valence-corrected chi connectivity index (χ2v) is 9.01. The highest BCUT2D eigenvalue weighted by Gasteiger charge is 2.29. The van der Waals surface area contributed by atoms with E-state index in [1.54, 1.807) is 14.2 Å². The molecule has 7 heteroatoms. The molecule has 2 rings (SSSR count). The molecule has 24 heavy (non-hydrogen) atoms. The van der Waals surface area contributed by atoms with Crippen molar-refractivity contribution >= 4 is 15.8 Å². The van der Waals surface area contributed by atoms with E-state index >= 15 is 0 Å². The Balaban J connectivity index is 1.96. The number of rotatable bonds is 5. The lowest BCUT2D eigenvalue weighted by Crippen LogP contribution is -2.47. The predicted molar refractivity (Wildman–Crippen MR) is 97.6 cm³/mol. The Kier molecular flexibility index (Phi) is 5.74. The fraction of sp³-hybridized carbons (Fsp3) is 0.588. The van der Waals surface area contributed by atoms with Crippen LogP contribution in [0.15, 0.2) is 29.3 Å². The van der Waals surface area contributed by atoms with Gasteiger partial charge >= 0.3 is 0 Å². The predicted octanol–water partition coefficient (Wildman–Crippen LogP) is 1.32. The maximum absolute atomic E-state index is 11.6. The Morgan fingerprint density at radius 3 is 2.75 bits per heavy atom. The molecular weight excluding hydrogens is 326 g/mol. The number of nitrogens with zero attached hydrogens (tertiary/aromatic N) is 1. The third kappa shape index (κ3) is 4.87. The van der Waals surface area contributed by atoms with E-state index in [9.17, 15) is 8.42 Å². The third-order valence-electron chi connectivity index (χ3n) is 4.35. The van der Waals surface area contributed by atoms with Crippen molar-refractivity contribution < 1.29 is 13.2 Å². The van der Waals surface area contributed by atoms with Crippen LogP contribution in [0.2, 0.25) is 0 Å². The molecule has 1 saturated heterocycles. The molecule has 1 aromatic rings. The van der Waals surface area contributed by atoms with Crippen LogP contribution in [0.1, 0.15) is 25.8 Å². The Bertz CT molecular complexity index is 699. The van der Waals surface area contributed by atoms with Gasteiger partial charge in [0.25, 0.3) is 0 Å². The first-order valence-corrected chi connectivity index (χ1v) is 9.90. The zero-order valence-corrected chi connectivity index (χ0v) is 15.6. The van der Waals surface area contributed by atoms with E-state index in [2.05, 4.69) is 35.5 Å². The molecule has 0 saturated carbocycles. The van der Waals surface area contributed by atoms with Crippen LogP contribution < -0.4 is 15.4 Å². The number of nitrogens with one attached hydrogen (secondary N) is 2. The number of guanidine groups is 1. The lowest BCUT2D eigenvalue weighted by atomic mass is 9.84. The Morgan fingerprint density at radius 1 is 1.42 bits per heavy atom. The quantitative estimate of drug-likeness (QED) is 0.617. The topological polar surface area (TPSA) is 79.8 Å². The van der Waals surface area contributed by atoms with Gasteiger partial charge in [-0.1, -0.05) is 26.0 Å². The Hall–Kier alpha value is -1.76. The van der Waals surface area contributed by atoms with Crippen LogP contribution >= 0.6 is 0 Å². The summed E-state index contributed by atoms with van der Waals surface area (Å²) < 4.78 is 28.4. The van der Waals surface area contributed by atoms with E-state index in [4.69, 9.17) is 4.74 Å². The first-order chi connectivity index (χ1) is 11.3. The molecule has 0 spiro atoms. The molecule has 134 valence electrons. The van der Waals surface area contributed by atoms with Crippen molar-refractivity contribution in [3.8, 4) is 5.75 Å². The van der Waals surface area contributed by atoms with Gasteiger partial charge in [0.2, 0.25) is 0 Å². The highest BCUT2D eigenvalue weighted by Crippen LogP contribution is 2.25. The van der Waals surface area contributed by atoms with Crippen molar-refractivity contribution in [2.24, 2.45) is 4.99 Å². The number of aliphatic imine (C=N–C) groups is 1. The van der Waals surface area contributed by atoms with Crippen molar-refractivity contribution in [3.05, 3.63) is 29.8 Å². The summed E-state index contributed by atoms with van der Waals surface area (Å²) in [6.07, 6.45) is 0.627. The summed E-state index contributed by atoms with van der Waals surface area (Å²) in [5.41, 5.74) is 1.03. The van der Waals surface area contributed by atoms with Gasteiger partial charge in [0, 0.05) is 25.0 Å². The number of benzene rings is 1. The van der Waals surface area contributed by atoms with Crippen LogP contribution in [0.4, 0.5) is 0 Å². The number of hydrogen-bond acceptors (Lipinski definition) is 4. The van der Waals surface area contributed by atoms with Gasteiger partial charge in [0.1, 0.15) is 5.75 Å². The zero-order valence-electron chi connectivity index (χ0n) is 14.8. The van der Waals surface area contributed by atoms with E-state index in [1.165, 1.54) is 0 Å². The highest BCUT2D eigenvalue weighted by molar-refractivity contribution is 7.91. The summed E-state index contributed by atoms with van der Waals surface area (Å²) >= 11 is 0. The van der Waals surface area contributed by atoms with E-state index in [0.29, 0.717) is 18.9 Å². The first-order valence-electron chi connectivity index (χ1n) is 8.08. The molecule has 0 amide bonds. The largest absolute Gasteiger partial charge is 0.497 e. The molecule has 0 bridgehead atoms. The minimum absolute atomic E-state index is 0.0684. The van der Waals surface area contributed by atoms with Gasteiger partial charge in [-0.05, 0) is 24.1 Å². The van der Waals surface area contributed by atoms with Gasteiger partial charge in [0.15, 0.2) is 15.8 Å². The summed E-state index contributed by atoms with van der Waals surface area (Å²) in [5, 5.41) is 6.51. The van der Waals surface area contributed by atoms with Gasteiger partial charge in [0.05, 0.1) is 18.6 Å². The lowest BCUT2D eigenvalue weighted by Gasteiger charge is -2.27. The van der Waals surface area contributed by atoms with Crippen molar-refractivity contribution in [2.75, 3.05) is 32.2 Å². The van der Waals surface area contributed by atoms with Crippen molar-refractivity contribution in [1.82, 2.24) is 10.6 Å². The SMILES string of the molecule is CN=C(NCC(C)(C)c1cccc(OC)c1)NC1CCS(=O)(=O)C1. The van der Waals surface area contributed by atoms with Gasteiger partial charge in [-0.3, -0.25) is 4.99 Å². The molecule has 0 radical (unpaired) electrons.